The van der Waals surface area contributed by atoms with Crippen molar-refractivity contribution in [1.29, 1.82) is 0 Å². The van der Waals surface area contributed by atoms with Gasteiger partial charge in [-0.1, -0.05) is 6.92 Å². The number of carbonyl (C=O) groups is 1. The molecule has 20 heavy (non-hydrogen) atoms. The number of aromatic nitrogens is 4. The number of fused-ring (bicyclic) bond motifs is 1. The minimum atomic E-state index is -0.411. The average molecular weight is 278 g/mol. The zero-order valence-electron chi connectivity index (χ0n) is 12.1. The highest BCUT2D eigenvalue weighted by atomic mass is 16.2. The third-order valence-corrected chi connectivity index (χ3v) is 3.70. The van der Waals surface area contributed by atoms with Crippen molar-refractivity contribution in [2.24, 2.45) is 20.0 Å². The first kappa shape index (κ1) is 14.2. The third-order valence-electron chi connectivity index (χ3n) is 3.70. The Bertz CT molecular complexity index is 781. The highest BCUT2D eigenvalue weighted by Crippen LogP contribution is 2.12. The van der Waals surface area contributed by atoms with E-state index in [0.29, 0.717) is 24.1 Å². The van der Waals surface area contributed by atoms with Crippen molar-refractivity contribution in [3.05, 3.63) is 27.2 Å². The fraction of sp³-hybridized carbons (Fsp3) is 0.538. The van der Waals surface area contributed by atoms with Gasteiger partial charge in [-0.05, 0) is 13.3 Å². The molecular weight excluding hydrogens is 260 g/mol. The molecule has 0 saturated carbocycles. The first-order valence-corrected chi connectivity index (χ1v) is 6.49. The summed E-state index contributed by atoms with van der Waals surface area (Å²) in [6.45, 7) is 3.87. The molecule has 1 unspecified atom stereocenters. The molecule has 0 spiro atoms. The van der Waals surface area contributed by atoms with E-state index in [9.17, 15) is 14.4 Å². The van der Waals surface area contributed by atoms with Crippen LogP contribution in [0.15, 0.2) is 15.9 Å². The van der Waals surface area contributed by atoms with E-state index in [1.165, 1.54) is 17.9 Å². The number of aryl methyl sites for hydroxylation is 1. The van der Waals surface area contributed by atoms with Crippen molar-refractivity contribution in [3.8, 4) is 0 Å². The highest BCUT2D eigenvalue weighted by Gasteiger charge is 2.18. The van der Waals surface area contributed by atoms with Crippen molar-refractivity contribution < 1.29 is 4.79 Å². The molecule has 0 aliphatic carbocycles. The van der Waals surface area contributed by atoms with Gasteiger partial charge in [-0.25, -0.2) is 9.78 Å². The first-order valence-electron chi connectivity index (χ1n) is 6.49. The summed E-state index contributed by atoms with van der Waals surface area (Å²) in [5, 5.41) is 0. The van der Waals surface area contributed by atoms with Gasteiger partial charge in [0.1, 0.15) is 5.78 Å². The van der Waals surface area contributed by atoms with E-state index in [2.05, 4.69) is 4.98 Å². The van der Waals surface area contributed by atoms with Gasteiger partial charge in [0.25, 0.3) is 5.56 Å². The predicted octanol–water partition coefficient (Wildman–Crippen LogP) is 0.0489. The Morgan fingerprint density at radius 3 is 2.50 bits per heavy atom. The molecule has 0 amide bonds. The molecule has 1 atom stereocenters. The molecule has 0 radical (unpaired) electrons. The standard InChI is InChI=1S/C13H18N4O3/c1-5-9(8(2)18)6-17-7-14-11-10(17)12(19)16(4)13(20)15(11)3/h7,9H,5-6H2,1-4H3. The Morgan fingerprint density at radius 2 is 1.95 bits per heavy atom. The van der Waals surface area contributed by atoms with E-state index >= 15 is 0 Å². The maximum atomic E-state index is 12.2. The van der Waals surface area contributed by atoms with Gasteiger partial charge in [-0.2, -0.15) is 0 Å². The van der Waals surface area contributed by atoms with Crippen LogP contribution in [0.2, 0.25) is 0 Å². The lowest BCUT2D eigenvalue weighted by atomic mass is 10.0. The molecule has 0 saturated heterocycles. The average Bonchev–Trinajstić information content (AvgIpc) is 2.83. The molecule has 2 rings (SSSR count). The van der Waals surface area contributed by atoms with Crippen molar-refractivity contribution in [2.45, 2.75) is 26.8 Å². The second kappa shape index (κ2) is 5.07. The van der Waals surface area contributed by atoms with Crippen LogP contribution in [0, 0.1) is 5.92 Å². The van der Waals surface area contributed by atoms with E-state index in [1.54, 1.807) is 18.5 Å². The largest absolute Gasteiger partial charge is 0.332 e. The van der Waals surface area contributed by atoms with Crippen LogP contribution >= 0.6 is 0 Å². The van der Waals surface area contributed by atoms with Crippen LogP contribution in [0.4, 0.5) is 0 Å². The summed E-state index contributed by atoms with van der Waals surface area (Å²) < 4.78 is 4.05. The number of hydrogen-bond donors (Lipinski definition) is 0. The van der Waals surface area contributed by atoms with Gasteiger partial charge in [-0.3, -0.25) is 18.7 Å². The maximum Gasteiger partial charge on any atom is 0.332 e. The van der Waals surface area contributed by atoms with Gasteiger partial charge in [-0.15, -0.1) is 0 Å². The molecule has 0 bridgehead atoms. The quantitative estimate of drug-likeness (QED) is 0.791. The summed E-state index contributed by atoms with van der Waals surface area (Å²) in [7, 11) is 3.01. The summed E-state index contributed by atoms with van der Waals surface area (Å²) in [6, 6.07) is 0. The highest BCUT2D eigenvalue weighted by molar-refractivity contribution is 5.78. The van der Waals surface area contributed by atoms with E-state index in [4.69, 9.17) is 0 Å². The molecule has 2 heterocycles. The second-order valence-corrected chi connectivity index (χ2v) is 4.99. The van der Waals surface area contributed by atoms with Crippen LogP contribution in [0.3, 0.4) is 0 Å². The van der Waals surface area contributed by atoms with Crippen LogP contribution in [-0.4, -0.2) is 24.5 Å². The minimum Gasteiger partial charge on any atom is -0.324 e. The van der Waals surface area contributed by atoms with E-state index in [0.717, 1.165) is 4.57 Å². The van der Waals surface area contributed by atoms with Gasteiger partial charge in [0.15, 0.2) is 11.2 Å². The van der Waals surface area contributed by atoms with Gasteiger partial charge in [0.2, 0.25) is 0 Å². The van der Waals surface area contributed by atoms with E-state index < -0.39 is 5.69 Å². The summed E-state index contributed by atoms with van der Waals surface area (Å²) in [4.78, 5) is 39.7. The minimum absolute atomic E-state index is 0.0796. The number of Topliss-reactive ketones (excluding diaryl/α,β-unsaturated/α-hetero) is 1. The summed E-state index contributed by atoms with van der Waals surface area (Å²) in [6.07, 6.45) is 2.21. The smallest absolute Gasteiger partial charge is 0.324 e. The van der Waals surface area contributed by atoms with Crippen LogP contribution < -0.4 is 11.2 Å². The Balaban J connectivity index is 2.66. The van der Waals surface area contributed by atoms with Gasteiger partial charge in [0.05, 0.1) is 6.33 Å². The molecular formula is C13H18N4O3. The number of nitrogens with zero attached hydrogens (tertiary/aromatic N) is 4. The molecule has 0 fully saturated rings. The molecule has 2 aromatic heterocycles. The predicted molar refractivity (Wildman–Crippen MR) is 74.7 cm³/mol. The fourth-order valence-electron chi connectivity index (χ4n) is 2.32. The third kappa shape index (κ3) is 2.09. The Labute approximate surface area is 115 Å². The molecule has 108 valence electrons. The molecule has 7 heteroatoms. The van der Waals surface area contributed by atoms with Crippen molar-refractivity contribution >= 4 is 16.9 Å². The second-order valence-electron chi connectivity index (χ2n) is 4.99. The van der Waals surface area contributed by atoms with Crippen molar-refractivity contribution in [2.75, 3.05) is 0 Å². The Hall–Kier alpha value is -2.18. The summed E-state index contributed by atoms with van der Waals surface area (Å²) in [5.74, 6) is -0.0784. The SMILES string of the molecule is CCC(Cn1cnc2c1c(=O)n(C)c(=O)n2C)C(C)=O. The Kier molecular flexibility index (Phi) is 3.61. The van der Waals surface area contributed by atoms with Crippen LogP contribution in [0.25, 0.3) is 11.2 Å². The lowest BCUT2D eigenvalue weighted by molar-refractivity contribution is -0.121. The normalized spacial score (nSPS) is 12.8. The maximum absolute atomic E-state index is 12.2. The first-order chi connectivity index (χ1) is 9.38. The number of carbonyl (C=O) groups excluding carboxylic acids is 1. The zero-order chi connectivity index (χ0) is 15.0. The van der Waals surface area contributed by atoms with Crippen LogP contribution in [-0.2, 0) is 25.4 Å². The number of hydrogen-bond acceptors (Lipinski definition) is 4. The molecule has 0 aliphatic heterocycles. The Morgan fingerprint density at radius 1 is 1.30 bits per heavy atom. The van der Waals surface area contributed by atoms with Crippen LogP contribution in [0.1, 0.15) is 20.3 Å². The van der Waals surface area contributed by atoms with Crippen molar-refractivity contribution in [3.63, 3.8) is 0 Å². The number of imidazole rings is 1. The molecule has 2 aromatic rings. The fourth-order valence-corrected chi connectivity index (χ4v) is 2.32. The van der Waals surface area contributed by atoms with Gasteiger partial charge in [0, 0.05) is 26.6 Å². The molecule has 7 nitrogen and oxygen atoms in total. The lowest BCUT2D eigenvalue weighted by Crippen LogP contribution is -2.37. The van der Waals surface area contributed by atoms with E-state index in [-0.39, 0.29) is 17.3 Å². The molecule has 0 N–H and O–H groups in total. The lowest BCUT2D eigenvalue weighted by Gasteiger charge is -2.12. The van der Waals surface area contributed by atoms with Gasteiger partial charge >= 0.3 is 5.69 Å². The zero-order valence-corrected chi connectivity index (χ0v) is 12.1. The number of ketones is 1. The molecule has 0 aliphatic rings. The van der Waals surface area contributed by atoms with E-state index in [1.807, 2.05) is 6.92 Å². The monoisotopic (exact) mass is 278 g/mol. The number of rotatable bonds is 4. The summed E-state index contributed by atoms with van der Waals surface area (Å²) >= 11 is 0. The van der Waals surface area contributed by atoms with Gasteiger partial charge < -0.3 is 4.57 Å². The molecule has 0 aromatic carbocycles. The van der Waals surface area contributed by atoms with Crippen molar-refractivity contribution in [1.82, 2.24) is 18.7 Å². The van der Waals surface area contributed by atoms with Crippen LogP contribution in [0.5, 0.6) is 0 Å². The summed E-state index contributed by atoms with van der Waals surface area (Å²) in [5.41, 5.74) is -0.101. The topological polar surface area (TPSA) is 78.9 Å².